The molecule has 0 saturated carbocycles. The second kappa shape index (κ2) is 6.25. The summed E-state index contributed by atoms with van der Waals surface area (Å²) in [5, 5.41) is 17.1. The van der Waals surface area contributed by atoms with Crippen molar-refractivity contribution in [2.75, 3.05) is 12.8 Å². The standard InChI is InChI=1S/C12H16N4O4S/c1-3-4-8-13-14-12(21-6-10(18)19)16(8)7-5-9(17)15(2)11(7)20/h7H,3-6H2,1-2H3,(H,18,19). The summed E-state index contributed by atoms with van der Waals surface area (Å²) in [6.45, 7) is 1.97. The molecule has 1 unspecified atom stereocenters. The second-order valence-corrected chi connectivity index (χ2v) is 5.65. The highest BCUT2D eigenvalue weighted by molar-refractivity contribution is 7.99. The third-order valence-corrected chi connectivity index (χ3v) is 4.13. The zero-order valence-electron chi connectivity index (χ0n) is 11.8. The number of aromatic nitrogens is 3. The average Bonchev–Trinajstić information content (AvgIpc) is 2.93. The van der Waals surface area contributed by atoms with Crippen LogP contribution in [-0.4, -0.2) is 55.4 Å². The van der Waals surface area contributed by atoms with E-state index in [1.165, 1.54) is 7.05 Å². The molecule has 8 nitrogen and oxygen atoms in total. The summed E-state index contributed by atoms with van der Waals surface area (Å²) < 4.78 is 1.61. The van der Waals surface area contributed by atoms with E-state index in [2.05, 4.69) is 10.2 Å². The van der Waals surface area contributed by atoms with Crippen molar-refractivity contribution < 1.29 is 19.5 Å². The van der Waals surface area contributed by atoms with Gasteiger partial charge in [0.25, 0.3) is 5.91 Å². The van der Waals surface area contributed by atoms with Gasteiger partial charge >= 0.3 is 5.97 Å². The summed E-state index contributed by atoms with van der Waals surface area (Å²) in [6, 6.07) is -0.671. The Balaban J connectivity index is 2.34. The van der Waals surface area contributed by atoms with Crippen molar-refractivity contribution in [1.82, 2.24) is 19.7 Å². The highest BCUT2D eigenvalue weighted by atomic mass is 32.2. The summed E-state index contributed by atoms with van der Waals surface area (Å²) in [4.78, 5) is 35.6. The topological polar surface area (TPSA) is 105 Å². The molecule has 1 fully saturated rings. The zero-order chi connectivity index (χ0) is 15.6. The number of thioether (sulfide) groups is 1. The van der Waals surface area contributed by atoms with E-state index in [4.69, 9.17) is 5.11 Å². The van der Waals surface area contributed by atoms with Crippen LogP contribution >= 0.6 is 11.8 Å². The van der Waals surface area contributed by atoms with Crippen LogP contribution in [-0.2, 0) is 20.8 Å². The van der Waals surface area contributed by atoms with E-state index >= 15 is 0 Å². The van der Waals surface area contributed by atoms with Crippen LogP contribution in [0.15, 0.2) is 5.16 Å². The van der Waals surface area contributed by atoms with Gasteiger partial charge in [-0.3, -0.25) is 23.9 Å². The van der Waals surface area contributed by atoms with Crippen molar-refractivity contribution in [1.29, 1.82) is 0 Å². The van der Waals surface area contributed by atoms with E-state index in [0.29, 0.717) is 17.4 Å². The van der Waals surface area contributed by atoms with Crippen molar-refractivity contribution >= 4 is 29.5 Å². The normalized spacial score (nSPS) is 18.6. The molecule has 1 saturated heterocycles. The van der Waals surface area contributed by atoms with Gasteiger partial charge in [-0.05, 0) is 6.42 Å². The summed E-state index contributed by atoms with van der Waals surface area (Å²) in [6.07, 6.45) is 1.49. The van der Waals surface area contributed by atoms with Crippen LogP contribution in [0, 0.1) is 0 Å². The second-order valence-electron chi connectivity index (χ2n) is 4.71. The van der Waals surface area contributed by atoms with Crippen LogP contribution in [0.25, 0.3) is 0 Å². The predicted molar refractivity (Wildman–Crippen MR) is 73.8 cm³/mol. The third-order valence-electron chi connectivity index (χ3n) is 3.20. The van der Waals surface area contributed by atoms with E-state index in [-0.39, 0.29) is 24.0 Å². The molecule has 21 heavy (non-hydrogen) atoms. The van der Waals surface area contributed by atoms with Gasteiger partial charge in [0.15, 0.2) is 5.16 Å². The molecule has 1 aromatic heterocycles. The number of imide groups is 1. The number of aliphatic carboxylic acids is 1. The first-order chi connectivity index (χ1) is 9.95. The van der Waals surface area contributed by atoms with Gasteiger partial charge in [0.1, 0.15) is 11.9 Å². The van der Waals surface area contributed by atoms with E-state index in [1.807, 2.05) is 6.92 Å². The van der Waals surface area contributed by atoms with Gasteiger partial charge in [-0.15, -0.1) is 10.2 Å². The lowest BCUT2D eigenvalue weighted by Gasteiger charge is -2.14. The molecule has 2 rings (SSSR count). The Morgan fingerprint density at radius 1 is 1.43 bits per heavy atom. The number of likely N-dealkylation sites (tertiary alicyclic amines) is 1. The van der Waals surface area contributed by atoms with Crippen molar-refractivity contribution in [2.24, 2.45) is 0 Å². The minimum Gasteiger partial charge on any atom is -0.481 e. The quantitative estimate of drug-likeness (QED) is 0.596. The van der Waals surface area contributed by atoms with Crippen LogP contribution in [0.2, 0.25) is 0 Å². The molecule has 1 aliphatic rings. The Hall–Kier alpha value is -1.90. The molecule has 1 aromatic rings. The Kier molecular flexibility index (Phi) is 4.61. The highest BCUT2D eigenvalue weighted by Crippen LogP contribution is 2.29. The lowest BCUT2D eigenvalue weighted by atomic mass is 10.2. The number of hydrogen-bond acceptors (Lipinski definition) is 6. The number of carbonyl (C=O) groups excluding carboxylic acids is 2. The Morgan fingerprint density at radius 3 is 2.67 bits per heavy atom. The summed E-state index contributed by atoms with van der Waals surface area (Å²) in [5.41, 5.74) is 0. The molecule has 1 aliphatic heterocycles. The number of aryl methyl sites for hydroxylation is 1. The molecule has 2 heterocycles. The number of nitrogens with zero attached hydrogens (tertiary/aromatic N) is 4. The fourth-order valence-corrected chi connectivity index (χ4v) is 2.90. The molecule has 0 aromatic carbocycles. The predicted octanol–water partition coefficient (Wildman–Crippen LogP) is 0.337. The fourth-order valence-electron chi connectivity index (χ4n) is 2.18. The molecule has 2 amide bonds. The minimum atomic E-state index is -0.975. The smallest absolute Gasteiger partial charge is 0.313 e. The number of carboxylic acids is 1. The number of rotatable bonds is 6. The third kappa shape index (κ3) is 3.07. The molecule has 0 aliphatic carbocycles. The molecule has 0 bridgehead atoms. The molecule has 9 heteroatoms. The van der Waals surface area contributed by atoms with Gasteiger partial charge in [0, 0.05) is 13.5 Å². The number of amides is 2. The number of carbonyl (C=O) groups is 3. The van der Waals surface area contributed by atoms with Crippen molar-refractivity contribution in [3.05, 3.63) is 5.82 Å². The molecule has 1 atom stereocenters. The number of carboxylic acid groups (broad SMARTS) is 1. The van der Waals surface area contributed by atoms with Crippen LogP contribution in [0.1, 0.15) is 31.6 Å². The van der Waals surface area contributed by atoms with Gasteiger partial charge in [0.2, 0.25) is 5.91 Å². The van der Waals surface area contributed by atoms with Gasteiger partial charge in [0.05, 0.1) is 12.2 Å². The average molecular weight is 312 g/mol. The highest BCUT2D eigenvalue weighted by Gasteiger charge is 2.39. The van der Waals surface area contributed by atoms with Gasteiger partial charge < -0.3 is 5.11 Å². The first kappa shape index (κ1) is 15.5. The van der Waals surface area contributed by atoms with Gasteiger partial charge in [-0.2, -0.15) is 0 Å². The maximum absolute atomic E-state index is 12.2. The molecule has 0 radical (unpaired) electrons. The van der Waals surface area contributed by atoms with E-state index in [0.717, 1.165) is 23.1 Å². The first-order valence-electron chi connectivity index (χ1n) is 6.54. The van der Waals surface area contributed by atoms with Crippen LogP contribution in [0.3, 0.4) is 0 Å². The summed E-state index contributed by atoms with van der Waals surface area (Å²) in [5.74, 6) is -1.11. The van der Waals surface area contributed by atoms with Crippen LogP contribution in [0.5, 0.6) is 0 Å². The van der Waals surface area contributed by atoms with E-state index < -0.39 is 12.0 Å². The molecule has 114 valence electrons. The van der Waals surface area contributed by atoms with E-state index in [1.54, 1.807) is 4.57 Å². The summed E-state index contributed by atoms with van der Waals surface area (Å²) in [7, 11) is 1.44. The SMILES string of the molecule is CCCc1nnc(SCC(=O)O)n1C1CC(=O)N(C)C1=O. The van der Waals surface area contributed by atoms with Gasteiger partial charge in [-0.25, -0.2) is 0 Å². The molecular weight excluding hydrogens is 296 g/mol. The molecule has 0 spiro atoms. The summed E-state index contributed by atoms with van der Waals surface area (Å²) >= 11 is 1.00. The van der Waals surface area contributed by atoms with Crippen LogP contribution in [0.4, 0.5) is 0 Å². The fraction of sp³-hybridized carbons (Fsp3) is 0.583. The Labute approximate surface area is 125 Å². The van der Waals surface area contributed by atoms with Crippen molar-refractivity contribution in [3.8, 4) is 0 Å². The zero-order valence-corrected chi connectivity index (χ0v) is 12.6. The monoisotopic (exact) mass is 312 g/mol. The number of hydrogen-bond donors (Lipinski definition) is 1. The molecular formula is C12H16N4O4S. The van der Waals surface area contributed by atoms with Crippen molar-refractivity contribution in [3.63, 3.8) is 0 Å². The maximum atomic E-state index is 12.2. The lowest BCUT2D eigenvalue weighted by molar-refractivity contribution is -0.137. The maximum Gasteiger partial charge on any atom is 0.313 e. The minimum absolute atomic E-state index is 0.0602. The Bertz CT molecular complexity index is 586. The van der Waals surface area contributed by atoms with Crippen LogP contribution < -0.4 is 0 Å². The largest absolute Gasteiger partial charge is 0.481 e. The first-order valence-corrected chi connectivity index (χ1v) is 7.53. The molecule has 1 N–H and O–H groups in total. The van der Waals surface area contributed by atoms with Crippen molar-refractivity contribution in [2.45, 2.75) is 37.4 Å². The van der Waals surface area contributed by atoms with E-state index in [9.17, 15) is 14.4 Å². The lowest BCUT2D eigenvalue weighted by Crippen LogP contribution is -2.27. The Morgan fingerprint density at radius 2 is 2.14 bits per heavy atom. The van der Waals surface area contributed by atoms with Gasteiger partial charge in [-0.1, -0.05) is 18.7 Å². The number of likely N-dealkylation sites (N-methyl/N-ethyl adjacent to an activating group) is 1.